The predicted molar refractivity (Wildman–Crippen MR) is 105 cm³/mol. The Bertz CT molecular complexity index is 674. The number of rotatable bonds is 2. The average molecular weight is 374 g/mol. The third-order valence-corrected chi connectivity index (χ3v) is 9.40. The zero-order valence-corrected chi connectivity index (χ0v) is 17.4. The van der Waals surface area contributed by atoms with Crippen molar-refractivity contribution in [2.75, 3.05) is 0 Å². The Morgan fingerprint density at radius 2 is 1.85 bits per heavy atom. The van der Waals surface area contributed by atoms with Crippen LogP contribution in [0.25, 0.3) is 10.4 Å². The van der Waals surface area contributed by atoms with E-state index in [4.69, 9.17) is 4.74 Å². The maximum atomic E-state index is 11.7. The van der Waals surface area contributed by atoms with Gasteiger partial charge in [-0.1, -0.05) is 25.4 Å². The molecule has 5 nitrogen and oxygen atoms in total. The number of carbonyl (C=O) groups is 1. The molecule has 27 heavy (non-hydrogen) atoms. The van der Waals surface area contributed by atoms with Gasteiger partial charge in [0.25, 0.3) is 0 Å². The molecule has 0 heterocycles. The maximum absolute atomic E-state index is 11.7. The molecule has 0 aliphatic heterocycles. The predicted octanol–water partition coefficient (Wildman–Crippen LogP) is 6.03. The summed E-state index contributed by atoms with van der Waals surface area (Å²) < 4.78 is 5.76. The average Bonchev–Trinajstić information content (AvgIpc) is 2.97. The summed E-state index contributed by atoms with van der Waals surface area (Å²) >= 11 is 0. The summed E-state index contributed by atoms with van der Waals surface area (Å²) in [5.41, 5.74) is 9.28. The van der Waals surface area contributed by atoms with E-state index in [-0.39, 0.29) is 17.4 Å². The first-order chi connectivity index (χ1) is 12.7. The summed E-state index contributed by atoms with van der Waals surface area (Å²) in [4.78, 5) is 14.9. The number of azide groups is 1. The third kappa shape index (κ3) is 2.88. The second-order valence-corrected chi connectivity index (χ2v) is 10.8. The topological polar surface area (TPSA) is 75.1 Å². The Morgan fingerprint density at radius 3 is 2.56 bits per heavy atom. The number of nitrogens with zero attached hydrogens (tertiary/aromatic N) is 3. The summed E-state index contributed by atoms with van der Waals surface area (Å²) in [6.45, 7) is 8.44. The van der Waals surface area contributed by atoms with Gasteiger partial charge in [0, 0.05) is 11.8 Å². The van der Waals surface area contributed by atoms with Crippen LogP contribution in [0.4, 0.5) is 0 Å². The van der Waals surface area contributed by atoms with Crippen molar-refractivity contribution in [2.45, 2.75) is 97.1 Å². The fraction of sp³-hybridized carbons (Fsp3) is 0.955. The number of fused-ring (bicyclic) bond motifs is 5. The standard InChI is InChI=1S/C22H35N3O2/c1-14(26)27-22(4)12-15-7-8-16-17-6-5-10-20(17,2)11-9-18(16)21(15,3)13-19(22)24-25-23/h15-19H,5-13H2,1-4H3/t15-,16-,17-,18-,19+,20-,21-,22+/m0/s1. The van der Waals surface area contributed by atoms with Crippen LogP contribution in [0.3, 0.4) is 0 Å². The molecule has 0 bridgehead atoms. The van der Waals surface area contributed by atoms with Gasteiger partial charge >= 0.3 is 5.97 Å². The van der Waals surface area contributed by atoms with Crippen LogP contribution in [0.1, 0.15) is 85.5 Å². The molecule has 4 fully saturated rings. The van der Waals surface area contributed by atoms with Crippen LogP contribution in [0, 0.1) is 34.5 Å². The summed E-state index contributed by atoms with van der Waals surface area (Å²) in [5.74, 6) is 2.73. The van der Waals surface area contributed by atoms with E-state index in [2.05, 4.69) is 23.9 Å². The van der Waals surface area contributed by atoms with Gasteiger partial charge in [0.2, 0.25) is 0 Å². The van der Waals surface area contributed by atoms with Crippen LogP contribution in [0.2, 0.25) is 0 Å². The lowest BCUT2D eigenvalue weighted by atomic mass is 9.44. The Kier molecular flexibility index (Phi) is 4.53. The molecular formula is C22H35N3O2. The Labute approximate surface area is 163 Å². The van der Waals surface area contributed by atoms with Gasteiger partial charge in [-0.3, -0.25) is 4.79 Å². The lowest BCUT2D eigenvalue weighted by Crippen LogP contribution is -2.59. The number of esters is 1. The second-order valence-electron chi connectivity index (χ2n) is 10.8. The molecule has 0 aromatic carbocycles. The van der Waals surface area contributed by atoms with E-state index in [1.54, 1.807) is 0 Å². The molecule has 4 rings (SSSR count). The van der Waals surface area contributed by atoms with Crippen molar-refractivity contribution in [1.82, 2.24) is 0 Å². The number of hydrogen-bond donors (Lipinski definition) is 0. The normalized spacial score (nSPS) is 51.3. The molecule has 150 valence electrons. The summed E-state index contributed by atoms with van der Waals surface area (Å²) in [7, 11) is 0. The van der Waals surface area contributed by atoms with E-state index in [1.165, 1.54) is 51.9 Å². The Hall–Kier alpha value is -1.22. The summed E-state index contributed by atoms with van der Waals surface area (Å²) in [5, 5.41) is 4.15. The molecule has 4 saturated carbocycles. The fourth-order valence-electron chi connectivity index (χ4n) is 8.10. The van der Waals surface area contributed by atoms with Gasteiger partial charge in [0.15, 0.2) is 0 Å². The Balaban J connectivity index is 1.65. The third-order valence-electron chi connectivity index (χ3n) is 9.40. The van der Waals surface area contributed by atoms with Gasteiger partial charge in [-0.15, -0.1) is 0 Å². The Morgan fingerprint density at radius 1 is 1.07 bits per heavy atom. The molecule has 0 N–H and O–H groups in total. The van der Waals surface area contributed by atoms with E-state index in [9.17, 15) is 10.3 Å². The van der Waals surface area contributed by atoms with Crippen molar-refractivity contribution in [3.63, 3.8) is 0 Å². The molecule has 0 aromatic heterocycles. The van der Waals surface area contributed by atoms with Gasteiger partial charge in [-0.05, 0) is 98.3 Å². The SMILES string of the molecule is CC(=O)O[C@]1(C)C[C@@H]2CC[C@H]3[C@@H]4CCC[C@@]4(C)CC[C@@H]3[C@@]2(C)C[C@H]1N=[N+]=[N-]. The lowest BCUT2D eigenvalue weighted by molar-refractivity contribution is -0.182. The van der Waals surface area contributed by atoms with E-state index >= 15 is 0 Å². The minimum atomic E-state index is -0.661. The van der Waals surface area contributed by atoms with Gasteiger partial charge in [0.05, 0.1) is 6.04 Å². The number of carbonyl (C=O) groups excluding carboxylic acids is 1. The second kappa shape index (κ2) is 6.40. The molecule has 0 saturated heterocycles. The first-order valence-electron chi connectivity index (χ1n) is 11.0. The first kappa shape index (κ1) is 19.1. The first-order valence-corrected chi connectivity index (χ1v) is 11.0. The van der Waals surface area contributed by atoms with Gasteiger partial charge in [0.1, 0.15) is 5.60 Å². The van der Waals surface area contributed by atoms with Gasteiger partial charge in [-0.25, -0.2) is 0 Å². The summed E-state index contributed by atoms with van der Waals surface area (Å²) in [6.07, 6.45) is 11.1. The van der Waals surface area contributed by atoms with E-state index in [0.717, 1.165) is 30.6 Å². The van der Waals surface area contributed by atoms with Crippen molar-refractivity contribution in [3.8, 4) is 0 Å². The minimum Gasteiger partial charge on any atom is -0.459 e. The van der Waals surface area contributed by atoms with Crippen molar-refractivity contribution in [1.29, 1.82) is 0 Å². The van der Waals surface area contributed by atoms with Crippen LogP contribution in [0.5, 0.6) is 0 Å². The highest BCUT2D eigenvalue weighted by molar-refractivity contribution is 5.66. The highest BCUT2D eigenvalue weighted by Crippen LogP contribution is 2.67. The smallest absolute Gasteiger partial charge is 0.303 e. The highest BCUT2D eigenvalue weighted by Gasteiger charge is 2.61. The molecule has 8 atom stereocenters. The molecular weight excluding hydrogens is 338 g/mol. The molecule has 4 aliphatic carbocycles. The zero-order chi connectivity index (χ0) is 19.4. The number of ether oxygens (including phenoxy) is 1. The lowest BCUT2D eigenvalue weighted by Gasteiger charge is -2.62. The quantitative estimate of drug-likeness (QED) is 0.256. The van der Waals surface area contributed by atoms with Crippen molar-refractivity contribution in [3.05, 3.63) is 10.4 Å². The molecule has 0 radical (unpaired) electrons. The highest BCUT2D eigenvalue weighted by atomic mass is 16.6. The van der Waals surface area contributed by atoms with E-state index in [1.807, 2.05) is 6.92 Å². The van der Waals surface area contributed by atoms with Crippen molar-refractivity contribution >= 4 is 5.97 Å². The monoisotopic (exact) mass is 373 g/mol. The van der Waals surface area contributed by atoms with E-state index in [0.29, 0.717) is 11.3 Å². The number of hydrogen-bond acceptors (Lipinski definition) is 3. The molecule has 4 aliphatic rings. The van der Waals surface area contributed by atoms with Crippen LogP contribution in [-0.4, -0.2) is 17.6 Å². The largest absolute Gasteiger partial charge is 0.459 e. The molecule has 0 aromatic rings. The van der Waals surface area contributed by atoms with Crippen LogP contribution >= 0.6 is 0 Å². The molecule has 0 unspecified atom stereocenters. The molecule has 0 amide bonds. The van der Waals surface area contributed by atoms with Crippen LogP contribution in [-0.2, 0) is 9.53 Å². The van der Waals surface area contributed by atoms with Gasteiger partial charge < -0.3 is 4.74 Å². The molecule has 5 heteroatoms. The van der Waals surface area contributed by atoms with Crippen LogP contribution < -0.4 is 0 Å². The van der Waals surface area contributed by atoms with E-state index < -0.39 is 5.60 Å². The van der Waals surface area contributed by atoms with Crippen molar-refractivity contribution < 1.29 is 9.53 Å². The van der Waals surface area contributed by atoms with Crippen molar-refractivity contribution in [2.24, 2.45) is 39.6 Å². The van der Waals surface area contributed by atoms with Gasteiger partial charge in [-0.2, -0.15) is 0 Å². The zero-order valence-electron chi connectivity index (χ0n) is 17.4. The van der Waals surface area contributed by atoms with Crippen LogP contribution in [0.15, 0.2) is 5.11 Å². The fourth-order valence-corrected chi connectivity index (χ4v) is 8.10. The molecule has 0 spiro atoms. The maximum Gasteiger partial charge on any atom is 0.303 e. The summed E-state index contributed by atoms with van der Waals surface area (Å²) in [6, 6.07) is -0.261. The minimum absolute atomic E-state index is 0.200.